The summed E-state index contributed by atoms with van der Waals surface area (Å²) in [6.07, 6.45) is 0.993. The Morgan fingerprint density at radius 3 is 2.21 bits per heavy atom. The number of amides is 1. The number of hydrogen-bond acceptors (Lipinski definition) is 4. The molecule has 1 heterocycles. The quantitative estimate of drug-likeness (QED) is 0.205. The van der Waals surface area contributed by atoms with Crippen LogP contribution in [-0.4, -0.2) is 41.3 Å². The number of sulfonamides is 1. The zero-order valence-corrected chi connectivity index (χ0v) is 20.1. The molecule has 0 fully saturated rings. The van der Waals surface area contributed by atoms with Gasteiger partial charge in [0, 0.05) is 21.8 Å². The lowest BCUT2D eigenvalue weighted by molar-refractivity contribution is -0.0435. The molecule has 0 aliphatic carbocycles. The highest BCUT2D eigenvalue weighted by Crippen LogP contribution is 2.27. The lowest BCUT2D eigenvalue weighted by Gasteiger charge is -2.29. The maximum absolute atomic E-state index is 12.9. The van der Waals surface area contributed by atoms with Gasteiger partial charge in [-0.1, -0.05) is 46.4 Å². The number of halogens is 7. The monoisotopic (exact) mass is 565 g/mol. The minimum absolute atomic E-state index is 0.0292. The number of benzene rings is 1. The van der Waals surface area contributed by atoms with E-state index >= 15 is 0 Å². The summed E-state index contributed by atoms with van der Waals surface area (Å²) in [6, 6.07) is 6.68. The van der Waals surface area contributed by atoms with Gasteiger partial charge in [-0.25, -0.2) is 0 Å². The Balaban J connectivity index is 2.42. The number of rotatable bonds is 6. The fourth-order valence-electron chi connectivity index (χ4n) is 2.16. The summed E-state index contributed by atoms with van der Waals surface area (Å²) in [5, 5.41) is 7.19. The molecule has 2 aromatic rings. The molecule has 0 aliphatic rings. The molecular weight excluding hydrogens is 553 g/mol. The molecule has 2 rings (SSSR count). The molecule has 0 aliphatic heterocycles. The Morgan fingerprint density at radius 2 is 1.73 bits per heavy atom. The maximum atomic E-state index is 12.9. The molecule has 33 heavy (non-hydrogen) atoms. The normalized spacial score (nSPS) is 13.9. The molecule has 1 unspecified atom stereocenters. The van der Waals surface area contributed by atoms with Crippen LogP contribution in [0.1, 0.15) is 17.3 Å². The first-order valence-corrected chi connectivity index (χ1v) is 11.5. The van der Waals surface area contributed by atoms with Gasteiger partial charge in [-0.2, -0.15) is 21.6 Å². The number of hydrogen-bond donors (Lipinski definition) is 3. The number of aromatic nitrogens is 1. The van der Waals surface area contributed by atoms with Crippen LogP contribution in [0.4, 0.5) is 18.9 Å². The minimum atomic E-state index is -5.99. The van der Waals surface area contributed by atoms with Crippen LogP contribution in [0, 0.1) is 0 Å². The van der Waals surface area contributed by atoms with Crippen LogP contribution in [0.3, 0.4) is 0 Å². The molecule has 8 nitrogen and oxygen atoms in total. The van der Waals surface area contributed by atoms with Gasteiger partial charge < -0.3 is 16.0 Å². The average molecular weight is 567 g/mol. The van der Waals surface area contributed by atoms with Gasteiger partial charge in [0.25, 0.3) is 5.91 Å². The first-order valence-electron chi connectivity index (χ1n) is 8.58. The van der Waals surface area contributed by atoms with Crippen LogP contribution in [0.2, 0.25) is 10.0 Å². The molecule has 1 amide bonds. The molecule has 1 atom stereocenters. The van der Waals surface area contributed by atoms with E-state index in [1.54, 1.807) is 0 Å². The third-order valence-corrected chi connectivity index (χ3v) is 5.50. The SMILES string of the molecule is CC(Cl)(Cl)C(NC(=O)c1cc(Cl)cc(Cl)c1)N/C(=N\S(=O)(=O)C(F)(F)F)Nc1cccnc1. The number of anilines is 1. The molecule has 180 valence electrons. The highest BCUT2D eigenvalue weighted by Gasteiger charge is 2.46. The van der Waals surface area contributed by atoms with Crippen molar-refractivity contribution < 1.29 is 26.4 Å². The summed E-state index contributed by atoms with van der Waals surface area (Å²) in [5.74, 6) is -1.77. The van der Waals surface area contributed by atoms with E-state index in [0.29, 0.717) is 0 Å². The van der Waals surface area contributed by atoms with Crippen molar-refractivity contribution in [3.63, 3.8) is 0 Å². The third-order valence-electron chi connectivity index (χ3n) is 3.62. The number of carbonyl (C=O) groups is 1. The number of carbonyl (C=O) groups excluding carboxylic acids is 1. The number of guanidine groups is 1. The summed E-state index contributed by atoms with van der Waals surface area (Å²) >= 11 is 23.9. The van der Waals surface area contributed by atoms with Crippen LogP contribution in [0.5, 0.6) is 0 Å². The zero-order valence-electron chi connectivity index (χ0n) is 16.3. The van der Waals surface area contributed by atoms with E-state index in [1.807, 2.05) is 0 Å². The van der Waals surface area contributed by atoms with Crippen molar-refractivity contribution in [1.82, 2.24) is 15.6 Å². The molecule has 1 aromatic heterocycles. The van der Waals surface area contributed by atoms with Gasteiger partial charge in [-0.3, -0.25) is 9.78 Å². The van der Waals surface area contributed by atoms with Crippen LogP contribution in [-0.2, 0) is 10.0 Å². The topological polar surface area (TPSA) is 113 Å². The standard InChI is InChI=1S/C17H14Cl4F3N5O3S/c1-16(20,21)14(27-13(30)9-5-10(18)7-11(19)6-9)28-15(26-12-3-2-4-25-8-12)29-33(31,32)17(22,23)24/h2-8,14H,1H3,(H,27,30)(H2,26,28,29). The molecule has 16 heteroatoms. The lowest BCUT2D eigenvalue weighted by atomic mass is 10.2. The van der Waals surface area contributed by atoms with Crippen molar-refractivity contribution in [1.29, 1.82) is 0 Å². The molecule has 0 radical (unpaired) electrons. The van der Waals surface area contributed by atoms with Gasteiger partial charge in [0.2, 0.25) is 5.96 Å². The summed E-state index contributed by atoms with van der Waals surface area (Å²) in [6.45, 7) is 1.19. The smallest absolute Gasteiger partial charge is 0.332 e. The summed E-state index contributed by atoms with van der Waals surface area (Å²) in [4.78, 5) is 16.4. The van der Waals surface area contributed by atoms with Crippen molar-refractivity contribution in [3.8, 4) is 0 Å². The van der Waals surface area contributed by atoms with Gasteiger partial charge >= 0.3 is 15.5 Å². The van der Waals surface area contributed by atoms with E-state index in [0.717, 1.165) is 0 Å². The van der Waals surface area contributed by atoms with Crippen molar-refractivity contribution in [2.75, 3.05) is 5.32 Å². The summed E-state index contributed by atoms with van der Waals surface area (Å²) < 4.78 is 62.8. The van der Waals surface area contributed by atoms with Crippen molar-refractivity contribution in [2.45, 2.75) is 22.9 Å². The first kappa shape index (κ1) is 27.3. The third kappa shape index (κ3) is 8.07. The molecular formula is C17H14Cl4F3N5O3S. The summed E-state index contributed by atoms with van der Waals surface area (Å²) in [5.41, 5.74) is -5.66. The van der Waals surface area contributed by atoms with Crippen molar-refractivity contribution in [2.24, 2.45) is 4.40 Å². The molecule has 0 spiro atoms. The number of nitrogens with one attached hydrogen (secondary N) is 3. The predicted molar refractivity (Wildman–Crippen MR) is 121 cm³/mol. The molecule has 0 bridgehead atoms. The largest absolute Gasteiger partial charge is 0.518 e. The van der Waals surface area contributed by atoms with E-state index in [-0.39, 0.29) is 21.3 Å². The Kier molecular flexibility index (Phi) is 8.68. The molecule has 0 saturated carbocycles. The fraction of sp³-hybridized carbons (Fsp3) is 0.235. The van der Waals surface area contributed by atoms with Crippen LogP contribution in [0.15, 0.2) is 47.1 Å². The van der Waals surface area contributed by atoms with Gasteiger partial charge in [0.15, 0.2) is 4.33 Å². The van der Waals surface area contributed by atoms with Crippen LogP contribution >= 0.6 is 46.4 Å². The minimum Gasteiger partial charge on any atom is -0.332 e. The van der Waals surface area contributed by atoms with Crippen LogP contribution < -0.4 is 16.0 Å². The van der Waals surface area contributed by atoms with Gasteiger partial charge in [-0.05, 0) is 37.3 Å². The van der Waals surface area contributed by atoms with Gasteiger partial charge in [0.1, 0.15) is 6.17 Å². The predicted octanol–water partition coefficient (Wildman–Crippen LogP) is 4.55. The summed E-state index contributed by atoms with van der Waals surface area (Å²) in [7, 11) is -5.99. The lowest BCUT2D eigenvalue weighted by Crippen LogP contribution is -2.57. The molecule has 1 aromatic carbocycles. The number of pyridine rings is 1. The van der Waals surface area contributed by atoms with E-state index in [2.05, 4.69) is 25.3 Å². The molecule has 0 saturated heterocycles. The highest BCUT2D eigenvalue weighted by molar-refractivity contribution is 7.91. The van der Waals surface area contributed by atoms with Crippen LogP contribution in [0.25, 0.3) is 0 Å². The average Bonchev–Trinajstić information content (AvgIpc) is 2.65. The Labute approximate surface area is 206 Å². The first-order chi connectivity index (χ1) is 15.1. The Hall–Kier alpha value is -1.99. The van der Waals surface area contributed by atoms with Gasteiger partial charge in [-0.15, -0.1) is 4.40 Å². The highest BCUT2D eigenvalue weighted by atomic mass is 35.5. The van der Waals surface area contributed by atoms with Gasteiger partial charge in [0.05, 0.1) is 11.9 Å². The second kappa shape index (κ2) is 10.5. The fourth-order valence-corrected chi connectivity index (χ4v) is 3.34. The second-order valence-electron chi connectivity index (χ2n) is 6.39. The number of alkyl halides is 5. The number of nitrogens with zero attached hydrogens (tertiary/aromatic N) is 2. The van der Waals surface area contributed by atoms with E-state index in [4.69, 9.17) is 46.4 Å². The van der Waals surface area contributed by atoms with E-state index in [1.165, 1.54) is 49.6 Å². The zero-order chi connectivity index (χ0) is 25.0. The van der Waals surface area contributed by atoms with Crippen molar-refractivity contribution in [3.05, 3.63) is 58.3 Å². The Morgan fingerprint density at radius 1 is 1.12 bits per heavy atom. The Bertz CT molecular complexity index is 1120. The molecule has 3 N–H and O–H groups in total. The van der Waals surface area contributed by atoms with E-state index < -0.39 is 37.9 Å². The van der Waals surface area contributed by atoms with E-state index in [9.17, 15) is 26.4 Å². The van der Waals surface area contributed by atoms with Crippen molar-refractivity contribution >= 4 is 74.0 Å². The maximum Gasteiger partial charge on any atom is 0.518 e. The second-order valence-corrected chi connectivity index (χ2v) is 10.6.